The molecule has 0 bridgehead atoms. The van der Waals surface area contributed by atoms with Gasteiger partial charge >= 0.3 is 0 Å². The third-order valence-corrected chi connectivity index (χ3v) is 4.26. The second-order valence-corrected chi connectivity index (χ2v) is 6.26. The summed E-state index contributed by atoms with van der Waals surface area (Å²) in [6, 6.07) is 3.21. The molecule has 0 radical (unpaired) electrons. The van der Waals surface area contributed by atoms with Gasteiger partial charge in [-0.05, 0) is 18.6 Å². The van der Waals surface area contributed by atoms with Crippen LogP contribution in [0.5, 0.6) is 0 Å². The van der Waals surface area contributed by atoms with Gasteiger partial charge in [0.2, 0.25) is 10.0 Å². The van der Waals surface area contributed by atoms with Gasteiger partial charge in [0.25, 0.3) is 0 Å². The lowest BCUT2D eigenvalue weighted by Crippen LogP contribution is -2.26. The number of H-pyrrole nitrogens is 1. The fourth-order valence-corrected chi connectivity index (χ4v) is 2.69. The third-order valence-electron chi connectivity index (χ3n) is 2.81. The van der Waals surface area contributed by atoms with E-state index in [2.05, 4.69) is 31.9 Å². The minimum Gasteiger partial charge on any atom is -0.370 e. The van der Waals surface area contributed by atoms with E-state index in [1.165, 1.54) is 6.20 Å². The van der Waals surface area contributed by atoms with Crippen LogP contribution in [-0.4, -0.2) is 36.5 Å². The molecule has 2 aromatic rings. The number of sulfonamides is 1. The fraction of sp³-hybridized carbons (Fsp3) is 0.385. The Morgan fingerprint density at radius 1 is 1.24 bits per heavy atom. The fourth-order valence-electron chi connectivity index (χ4n) is 1.72. The predicted octanol–water partition coefficient (Wildman–Crippen LogP) is 1.15. The minimum atomic E-state index is -3.53. The van der Waals surface area contributed by atoms with Gasteiger partial charge in [-0.25, -0.2) is 23.1 Å². The molecule has 3 N–H and O–H groups in total. The summed E-state index contributed by atoms with van der Waals surface area (Å²) < 4.78 is 26.7. The van der Waals surface area contributed by atoms with Crippen LogP contribution in [0.15, 0.2) is 35.6 Å². The zero-order chi connectivity index (χ0) is 15.1. The highest BCUT2D eigenvalue weighted by atomic mass is 32.2. The SMILES string of the molecule is CCCNc1ccc(S(=O)(=O)NCCc2ncc[nH]2)cn1. The summed E-state index contributed by atoms with van der Waals surface area (Å²) in [5.41, 5.74) is 0. The van der Waals surface area contributed by atoms with Crippen molar-refractivity contribution in [3.63, 3.8) is 0 Å². The molecule has 0 atom stereocenters. The van der Waals surface area contributed by atoms with Gasteiger partial charge in [0.1, 0.15) is 16.5 Å². The van der Waals surface area contributed by atoms with Crippen LogP contribution in [0, 0.1) is 0 Å². The van der Waals surface area contributed by atoms with Crippen molar-refractivity contribution in [3.05, 3.63) is 36.5 Å². The number of imidazole rings is 1. The molecule has 0 fully saturated rings. The summed E-state index contributed by atoms with van der Waals surface area (Å²) in [5, 5.41) is 3.10. The van der Waals surface area contributed by atoms with E-state index in [9.17, 15) is 8.42 Å². The van der Waals surface area contributed by atoms with Crippen molar-refractivity contribution >= 4 is 15.8 Å². The first-order valence-corrected chi connectivity index (χ1v) is 8.28. The topological polar surface area (TPSA) is 99.8 Å². The molecule has 21 heavy (non-hydrogen) atoms. The molecule has 114 valence electrons. The largest absolute Gasteiger partial charge is 0.370 e. The van der Waals surface area contributed by atoms with Gasteiger partial charge in [-0.3, -0.25) is 0 Å². The molecule has 0 saturated heterocycles. The van der Waals surface area contributed by atoms with E-state index in [4.69, 9.17) is 0 Å². The van der Waals surface area contributed by atoms with E-state index in [-0.39, 0.29) is 11.4 Å². The number of rotatable bonds is 8. The van der Waals surface area contributed by atoms with E-state index >= 15 is 0 Å². The highest BCUT2D eigenvalue weighted by molar-refractivity contribution is 7.89. The molecule has 7 nitrogen and oxygen atoms in total. The Morgan fingerprint density at radius 2 is 2.10 bits per heavy atom. The molecule has 0 spiro atoms. The maximum absolute atomic E-state index is 12.1. The van der Waals surface area contributed by atoms with Crippen molar-refractivity contribution in [1.29, 1.82) is 0 Å². The number of aromatic amines is 1. The van der Waals surface area contributed by atoms with Crippen LogP contribution in [0.1, 0.15) is 19.2 Å². The van der Waals surface area contributed by atoms with Crippen molar-refractivity contribution < 1.29 is 8.42 Å². The van der Waals surface area contributed by atoms with Gasteiger partial charge in [0.15, 0.2) is 0 Å². The Bertz CT molecular complexity index is 638. The monoisotopic (exact) mass is 309 g/mol. The van der Waals surface area contributed by atoms with Crippen molar-refractivity contribution in [2.75, 3.05) is 18.4 Å². The van der Waals surface area contributed by atoms with Gasteiger partial charge in [-0.1, -0.05) is 6.92 Å². The maximum atomic E-state index is 12.1. The quantitative estimate of drug-likeness (QED) is 0.679. The Kier molecular flexibility index (Phi) is 5.29. The number of pyridine rings is 1. The lowest BCUT2D eigenvalue weighted by Gasteiger charge is -2.07. The minimum absolute atomic E-state index is 0.156. The number of aromatic nitrogens is 3. The Morgan fingerprint density at radius 3 is 2.71 bits per heavy atom. The predicted molar refractivity (Wildman–Crippen MR) is 80.5 cm³/mol. The van der Waals surface area contributed by atoms with Crippen molar-refractivity contribution in [1.82, 2.24) is 19.7 Å². The van der Waals surface area contributed by atoms with Crippen molar-refractivity contribution in [2.45, 2.75) is 24.7 Å². The van der Waals surface area contributed by atoms with E-state index in [1.807, 2.05) is 0 Å². The van der Waals surface area contributed by atoms with E-state index in [1.54, 1.807) is 24.5 Å². The summed E-state index contributed by atoms with van der Waals surface area (Å²) in [5.74, 6) is 1.42. The summed E-state index contributed by atoms with van der Waals surface area (Å²) in [6.07, 6.45) is 6.19. The van der Waals surface area contributed by atoms with Gasteiger partial charge in [0.05, 0.1) is 0 Å². The second-order valence-electron chi connectivity index (χ2n) is 4.49. The van der Waals surface area contributed by atoms with Gasteiger partial charge < -0.3 is 10.3 Å². The summed E-state index contributed by atoms with van der Waals surface area (Å²) in [4.78, 5) is 11.2. The van der Waals surface area contributed by atoms with E-state index in [0.717, 1.165) is 18.8 Å². The van der Waals surface area contributed by atoms with Crippen LogP contribution in [0.25, 0.3) is 0 Å². The zero-order valence-electron chi connectivity index (χ0n) is 11.8. The standard InChI is InChI=1S/C13H19N5O2S/c1-2-6-14-12-4-3-11(10-17-12)21(19,20)18-7-5-13-15-8-9-16-13/h3-4,8-10,18H,2,5-7H2,1H3,(H,14,17)(H,15,16). The highest BCUT2D eigenvalue weighted by Gasteiger charge is 2.14. The third kappa shape index (κ3) is 4.54. The van der Waals surface area contributed by atoms with Crippen LogP contribution in [0.4, 0.5) is 5.82 Å². The molecule has 8 heteroatoms. The van der Waals surface area contributed by atoms with Crippen LogP contribution >= 0.6 is 0 Å². The van der Waals surface area contributed by atoms with E-state index < -0.39 is 10.0 Å². The molecule has 0 saturated carbocycles. The highest BCUT2D eigenvalue weighted by Crippen LogP contribution is 2.10. The molecule has 2 rings (SSSR count). The van der Waals surface area contributed by atoms with Crippen LogP contribution in [0.3, 0.4) is 0 Å². The van der Waals surface area contributed by atoms with Crippen LogP contribution in [-0.2, 0) is 16.4 Å². The van der Waals surface area contributed by atoms with E-state index in [0.29, 0.717) is 12.2 Å². The molecule has 0 aliphatic heterocycles. The average molecular weight is 309 g/mol. The lowest BCUT2D eigenvalue weighted by atomic mass is 10.4. The summed E-state index contributed by atoms with van der Waals surface area (Å²) in [7, 11) is -3.53. The number of hydrogen-bond acceptors (Lipinski definition) is 5. The molecule has 0 aliphatic rings. The van der Waals surface area contributed by atoms with Crippen molar-refractivity contribution in [2.24, 2.45) is 0 Å². The smallest absolute Gasteiger partial charge is 0.242 e. The first kappa shape index (κ1) is 15.5. The van der Waals surface area contributed by atoms with Gasteiger partial charge in [0, 0.05) is 38.1 Å². The Balaban J connectivity index is 1.92. The first-order chi connectivity index (χ1) is 10.1. The van der Waals surface area contributed by atoms with Crippen LogP contribution in [0.2, 0.25) is 0 Å². The molecule has 0 unspecified atom stereocenters. The Hall–Kier alpha value is -1.93. The molecule has 2 aromatic heterocycles. The molecule has 0 aliphatic carbocycles. The summed E-state index contributed by atoms with van der Waals surface area (Å²) in [6.45, 7) is 3.14. The average Bonchev–Trinajstić information content (AvgIpc) is 2.98. The maximum Gasteiger partial charge on any atom is 0.242 e. The molecule has 2 heterocycles. The molecular formula is C13H19N5O2S. The summed E-state index contributed by atoms with van der Waals surface area (Å²) >= 11 is 0. The normalized spacial score (nSPS) is 11.5. The first-order valence-electron chi connectivity index (χ1n) is 6.79. The van der Waals surface area contributed by atoms with Gasteiger partial charge in [-0.2, -0.15) is 0 Å². The second kappa shape index (κ2) is 7.19. The number of nitrogens with one attached hydrogen (secondary N) is 3. The molecule has 0 amide bonds. The van der Waals surface area contributed by atoms with Crippen LogP contribution < -0.4 is 10.0 Å². The number of anilines is 1. The Labute approximate surface area is 124 Å². The zero-order valence-corrected chi connectivity index (χ0v) is 12.7. The lowest BCUT2D eigenvalue weighted by molar-refractivity contribution is 0.580. The molecular weight excluding hydrogens is 290 g/mol. The number of nitrogens with zero attached hydrogens (tertiary/aromatic N) is 2. The van der Waals surface area contributed by atoms with Crippen molar-refractivity contribution in [3.8, 4) is 0 Å². The van der Waals surface area contributed by atoms with Gasteiger partial charge in [-0.15, -0.1) is 0 Å². The number of hydrogen-bond donors (Lipinski definition) is 3. The molecule has 0 aromatic carbocycles.